The molecule has 1 aliphatic heterocycles. The van der Waals surface area contributed by atoms with Gasteiger partial charge in [-0.3, -0.25) is 4.79 Å². The zero-order valence-electron chi connectivity index (χ0n) is 13.6. The zero-order valence-corrected chi connectivity index (χ0v) is 14.4. The monoisotopic (exact) mass is 354 g/mol. The van der Waals surface area contributed by atoms with Crippen molar-refractivity contribution in [3.05, 3.63) is 78.1 Å². The van der Waals surface area contributed by atoms with Gasteiger partial charge in [-0.25, -0.2) is 4.68 Å². The summed E-state index contributed by atoms with van der Waals surface area (Å²) in [5.74, 6) is -0.0119. The predicted molar refractivity (Wildman–Crippen MR) is 100 cm³/mol. The Morgan fingerprint density at radius 3 is 2.76 bits per heavy atom. The normalized spacial score (nSPS) is 15.8. The van der Waals surface area contributed by atoms with Crippen LogP contribution in [-0.4, -0.2) is 21.7 Å². The van der Waals surface area contributed by atoms with E-state index in [9.17, 15) is 4.79 Å². The van der Waals surface area contributed by atoms with E-state index in [-0.39, 0.29) is 24.4 Å². The SMILES string of the molecule is Cl.O=C(Nc1cccc(-n2cccn2)c1)[C@H]1Cc2ccccc2CN1. The summed E-state index contributed by atoms with van der Waals surface area (Å²) in [6, 6.07) is 17.6. The minimum atomic E-state index is -0.215. The molecule has 2 heterocycles. The quantitative estimate of drug-likeness (QED) is 0.760. The molecule has 0 saturated carbocycles. The Hall–Kier alpha value is -2.63. The summed E-state index contributed by atoms with van der Waals surface area (Å²) in [7, 11) is 0. The molecule has 0 spiro atoms. The maximum atomic E-state index is 12.6. The summed E-state index contributed by atoms with van der Waals surface area (Å²) >= 11 is 0. The van der Waals surface area contributed by atoms with Gasteiger partial charge < -0.3 is 10.6 Å². The minimum absolute atomic E-state index is 0. The summed E-state index contributed by atoms with van der Waals surface area (Å²) < 4.78 is 1.77. The van der Waals surface area contributed by atoms with Crippen LogP contribution in [-0.2, 0) is 17.8 Å². The van der Waals surface area contributed by atoms with E-state index in [1.54, 1.807) is 10.9 Å². The first-order valence-corrected chi connectivity index (χ1v) is 8.01. The number of hydrogen-bond acceptors (Lipinski definition) is 3. The molecular formula is C19H19ClN4O. The van der Waals surface area contributed by atoms with Crippen LogP contribution in [0.25, 0.3) is 5.69 Å². The van der Waals surface area contributed by atoms with Crippen LogP contribution < -0.4 is 10.6 Å². The van der Waals surface area contributed by atoms with E-state index in [2.05, 4.69) is 27.9 Å². The number of amides is 1. The van der Waals surface area contributed by atoms with Gasteiger partial charge in [0.2, 0.25) is 5.91 Å². The number of nitrogens with zero attached hydrogens (tertiary/aromatic N) is 2. The smallest absolute Gasteiger partial charge is 0.241 e. The van der Waals surface area contributed by atoms with Crippen molar-refractivity contribution in [1.29, 1.82) is 0 Å². The number of carbonyl (C=O) groups is 1. The molecule has 128 valence electrons. The second kappa shape index (κ2) is 7.51. The Morgan fingerprint density at radius 2 is 1.96 bits per heavy atom. The summed E-state index contributed by atoms with van der Waals surface area (Å²) in [5.41, 5.74) is 4.19. The third kappa shape index (κ3) is 3.73. The van der Waals surface area contributed by atoms with E-state index < -0.39 is 0 Å². The molecule has 0 radical (unpaired) electrons. The standard InChI is InChI=1S/C19H18N4O.ClH/c24-19(18-11-14-5-1-2-6-15(14)13-20-18)22-16-7-3-8-17(12-16)23-10-4-9-21-23;/h1-10,12,18,20H,11,13H2,(H,22,24);1H/t18-;/m1./s1. The molecule has 1 aliphatic rings. The fraction of sp³-hybridized carbons (Fsp3) is 0.158. The van der Waals surface area contributed by atoms with E-state index >= 15 is 0 Å². The summed E-state index contributed by atoms with van der Waals surface area (Å²) in [6.45, 7) is 0.724. The molecule has 1 atom stereocenters. The van der Waals surface area contributed by atoms with E-state index in [0.717, 1.165) is 17.9 Å². The van der Waals surface area contributed by atoms with Crippen molar-refractivity contribution in [2.45, 2.75) is 19.0 Å². The maximum absolute atomic E-state index is 12.6. The molecule has 0 saturated heterocycles. The molecule has 1 amide bonds. The van der Waals surface area contributed by atoms with Gasteiger partial charge in [-0.05, 0) is 41.8 Å². The van der Waals surface area contributed by atoms with Gasteiger partial charge in [-0.1, -0.05) is 30.3 Å². The van der Waals surface area contributed by atoms with Crippen LogP contribution in [0.5, 0.6) is 0 Å². The molecule has 0 unspecified atom stereocenters. The molecule has 0 fully saturated rings. The number of nitrogens with one attached hydrogen (secondary N) is 2. The first-order valence-electron chi connectivity index (χ1n) is 8.01. The lowest BCUT2D eigenvalue weighted by Crippen LogP contribution is -2.44. The molecule has 2 N–H and O–H groups in total. The van der Waals surface area contributed by atoms with Crippen molar-refractivity contribution in [3.8, 4) is 5.69 Å². The molecule has 1 aromatic heterocycles. The number of hydrogen-bond donors (Lipinski definition) is 2. The average Bonchev–Trinajstić information content (AvgIpc) is 3.16. The van der Waals surface area contributed by atoms with Gasteiger partial charge in [-0.2, -0.15) is 5.10 Å². The number of anilines is 1. The second-order valence-electron chi connectivity index (χ2n) is 5.90. The van der Waals surface area contributed by atoms with Gasteiger partial charge in [0.15, 0.2) is 0 Å². The first kappa shape index (κ1) is 17.2. The fourth-order valence-corrected chi connectivity index (χ4v) is 3.02. The van der Waals surface area contributed by atoms with Crippen LogP contribution in [0, 0.1) is 0 Å². The van der Waals surface area contributed by atoms with Crippen molar-refractivity contribution < 1.29 is 4.79 Å². The third-order valence-corrected chi connectivity index (χ3v) is 4.28. The molecule has 0 bridgehead atoms. The maximum Gasteiger partial charge on any atom is 0.241 e. The highest BCUT2D eigenvalue weighted by atomic mass is 35.5. The first-order chi connectivity index (χ1) is 11.8. The van der Waals surface area contributed by atoms with Crippen LogP contribution in [0.15, 0.2) is 67.0 Å². The van der Waals surface area contributed by atoms with Gasteiger partial charge in [-0.15, -0.1) is 12.4 Å². The van der Waals surface area contributed by atoms with Crippen molar-refractivity contribution in [3.63, 3.8) is 0 Å². The Morgan fingerprint density at radius 1 is 1.12 bits per heavy atom. The Kier molecular flexibility index (Phi) is 5.16. The van der Waals surface area contributed by atoms with Crippen molar-refractivity contribution >= 4 is 24.0 Å². The molecule has 4 rings (SSSR count). The van der Waals surface area contributed by atoms with Gasteiger partial charge in [0.05, 0.1) is 11.7 Å². The van der Waals surface area contributed by atoms with E-state index in [4.69, 9.17) is 0 Å². The van der Waals surface area contributed by atoms with E-state index in [1.165, 1.54) is 11.1 Å². The second-order valence-corrected chi connectivity index (χ2v) is 5.90. The van der Waals surface area contributed by atoms with Crippen molar-refractivity contribution in [2.24, 2.45) is 0 Å². The third-order valence-electron chi connectivity index (χ3n) is 4.28. The van der Waals surface area contributed by atoms with Gasteiger partial charge >= 0.3 is 0 Å². The lowest BCUT2D eigenvalue weighted by molar-refractivity contribution is -0.118. The summed E-state index contributed by atoms with van der Waals surface area (Å²) in [5, 5.41) is 10.5. The van der Waals surface area contributed by atoms with Crippen molar-refractivity contribution in [2.75, 3.05) is 5.32 Å². The van der Waals surface area contributed by atoms with E-state index in [1.807, 2.05) is 48.7 Å². The lowest BCUT2D eigenvalue weighted by atomic mass is 9.95. The molecule has 25 heavy (non-hydrogen) atoms. The average molecular weight is 355 g/mol. The number of benzene rings is 2. The predicted octanol–water partition coefficient (Wildman–Crippen LogP) is 2.95. The number of halogens is 1. The molecule has 0 aliphatic carbocycles. The van der Waals surface area contributed by atoms with Crippen LogP contribution in [0.3, 0.4) is 0 Å². The lowest BCUT2D eigenvalue weighted by Gasteiger charge is -2.25. The van der Waals surface area contributed by atoms with Crippen LogP contribution in [0.4, 0.5) is 5.69 Å². The number of aromatic nitrogens is 2. The van der Waals surface area contributed by atoms with E-state index in [0.29, 0.717) is 6.42 Å². The molecule has 6 heteroatoms. The molecular weight excluding hydrogens is 336 g/mol. The highest BCUT2D eigenvalue weighted by Crippen LogP contribution is 2.18. The van der Waals surface area contributed by atoms with Crippen molar-refractivity contribution in [1.82, 2.24) is 15.1 Å². The molecule has 5 nitrogen and oxygen atoms in total. The molecule has 3 aromatic rings. The van der Waals surface area contributed by atoms with Gasteiger partial charge in [0, 0.05) is 24.6 Å². The highest BCUT2D eigenvalue weighted by Gasteiger charge is 2.23. The summed E-state index contributed by atoms with van der Waals surface area (Å²) in [4.78, 5) is 12.6. The molecule has 2 aromatic carbocycles. The zero-order chi connectivity index (χ0) is 16.4. The fourth-order valence-electron chi connectivity index (χ4n) is 3.02. The highest BCUT2D eigenvalue weighted by molar-refractivity contribution is 5.95. The summed E-state index contributed by atoms with van der Waals surface area (Å²) in [6.07, 6.45) is 4.32. The number of carbonyl (C=O) groups excluding carboxylic acids is 1. The largest absolute Gasteiger partial charge is 0.325 e. The van der Waals surface area contributed by atoms with Gasteiger partial charge in [0.25, 0.3) is 0 Å². The Labute approximate surface area is 152 Å². The number of rotatable bonds is 3. The van der Waals surface area contributed by atoms with Crippen LogP contribution >= 0.6 is 12.4 Å². The minimum Gasteiger partial charge on any atom is -0.325 e. The van der Waals surface area contributed by atoms with Crippen LogP contribution in [0.1, 0.15) is 11.1 Å². The van der Waals surface area contributed by atoms with Gasteiger partial charge in [0.1, 0.15) is 0 Å². The topological polar surface area (TPSA) is 59.0 Å². The Balaban J connectivity index is 0.00000182. The number of fused-ring (bicyclic) bond motifs is 1. The Bertz CT molecular complexity index is 863. The van der Waals surface area contributed by atoms with Crippen LogP contribution in [0.2, 0.25) is 0 Å².